The van der Waals surface area contributed by atoms with Crippen LogP contribution in [0.3, 0.4) is 0 Å². The smallest absolute Gasteiger partial charge is 0.226 e. The van der Waals surface area contributed by atoms with Crippen molar-refractivity contribution in [3.63, 3.8) is 0 Å². The number of nitrogens with zero attached hydrogens (tertiary/aromatic N) is 3. The highest BCUT2D eigenvalue weighted by Crippen LogP contribution is 2.35. The van der Waals surface area contributed by atoms with Gasteiger partial charge < -0.3 is 16.2 Å². The molecule has 0 aliphatic carbocycles. The zero-order valence-electron chi connectivity index (χ0n) is 13.8. The zero-order chi connectivity index (χ0) is 18.1. The Morgan fingerprint density at radius 3 is 2.32 bits per heavy atom. The summed E-state index contributed by atoms with van der Waals surface area (Å²) in [5.41, 5.74) is 10.7. The molecule has 1 heterocycles. The van der Waals surface area contributed by atoms with E-state index in [0.717, 1.165) is 0 Å². The summed E-state index contributed by atoms with van der Waals surface area (Å²) < 4.78 is 5.77. The quantitative estimate of drug-likeness (QED) is 0.546. The number of aliphatic imine (C=N–C) groups is 2. The molecule has 11 heteroatoms. The third-order valence-corrected chi connectivity index (χ3v) is 4.13. The van der Waals surface area contributed by atoms with Crippen LogP contribution in [0.5, 0.6) is 5.75 Å². The molecule has 2 rings (SSSR count). The number of benzene rings is 1. The SMILES string of the molecule is CCC(Oc1cc(Cl)c(Cl)cc1Cl)ON1C(N)=NC(N)=NC1(C)C.Cl. The third kappa shape index (κ3) is 5.18. The van der Waals surface area contributed by atoms with Gasteiger partial charge in [0.15, 0.2) is 5.66 Å². The van der Waals surface area contributed by atoms with Crippen LogP contribution in [0.2, 0.25) is 15.1 Å². The molecule has 1 atom stereocenters. The second-order valence-electron chi connectivity index (χ2n) is 5.49. The van der Waals surface area contributed by atoms with Crippen molar-refractivity contribution in [3.05, 3.63) is 27.2 Å². The summed E-state index contributed by atoms with van der Waals surface area (Å²) in [5, 5.41) is 2.31. The van der Waals surface area contributed by atoms with Crippen molar-refractivity contribution in [2.45, 2.75) is 39.1 Å². The first-order chi connectivity index (χ1) is 11.1. The van der Waals surface area contributed by atoms with Crippen molar-refractivity contribution in [1.82, 2.24) is 5.06 Å². The molecular weight excluding hydrogens is 412 g/mol. The number of hydrogen-bond donors (Lipinski definition) is 2. The summed E-state index contributed by atoms with van der Waals surface area (Å²) in [4.78, 5) is 13.9. The van der Waals surface area contributed by atoms with Crippen LogP contribution in [0.25, 0.3) is 0 Å². The zero-order valence-corrected chi connectivity index (χ0v) is 16.9. The third-order valence-electron chi connectivity index (χ3n) is 3.11. The molecule has 0 radical (unpaired) electrons. The van der Waals surface area contributed by atoms with Crippen LogP contribution in [-0.4, -0.2) is 28.9 Å². The maximum atomic E-state index is 6.13. The molecule has 1 aromatic rings. The van der Waals surface area contributed by atoms with Gasteiger partial charge >= 0.3 is 0 Å². The number of nitrogens with two attached hydrogens (primary N) is 2. The summed E-state index contributed by atoms with van der Waals surface area (Å²) in [5.74, 6) is 0.500. The Hall–Kier alpha value is -1.12. The minimum Gasteiger partial charge on any atom is -0.461 e. The van der Waals surface area contributed by atoms with Gasteiger partial charge in [0.1, 0.15) is 5.75 Å². The van der Waals surface area contributed by atoms with Crippen molar-refractivity contribution < 1.29 is 9.57 Å². The van der Waals surface area contributed by atoms with E-state index in [1.165, 1.54) is 17.2 Å². The van der Waals surface area contributed by atoms with E-state index in [1.54, 1.807) is 13.8 Å². The maximum absolute atomic E-state index is 6.13. The Morgan fingerprint density at radius 1 is 1.16 bits per heavy atom. The molecule has 0 aromatic heterocycles. The number of halogens is 4. The molecule has 0 fully saturated rings. The van der Waals surface area contributed by atoms with Crippen LogP contribution < -0.4 is 16.2 Å². The van der Waals surface area contributed by atoms with Crippen LogP contribution in [0.1, 0.15) is 27.2 Å². The molecule has 0 bridgehead atoms. The number of hydrogen-bond acceptors (Lipinski definition) is 7. The number of ether oxygens (including phenoxy) is 1. The molecule has 1 aliphatic rings. The van der Waals surface area contributed by atoms with Gasteiger partial charge in [-0.25, -0.2) is 9.83 Å². The number of rotatable bonds is 5. The molecule has 0 spiro atoms. The van der Waals surface area contributed by atoms with Crippen molar-refractivity contribution in [1.29, 1.82) is 0 Å². The molecule has 0 saturated carbocycles. The fourth-order valence-electron chi connectivity index (χ4n) is 2.01. The molecule has 1 aromatic carbocycles. The standard InChI is InChI=1S/C14H18Cl3N5O2.ClH/c1-4-11(23-10-6-8(16)7(15)5-9(10)17)24-22-13(19)20-12(18)21-14(22,2)3;/h5-6,11H,4H2,1-3H3,(H4,18,19,20,21);1H. The van der Waals surface area contributed by atoms with Crippen LogP contribution >= 0.6 is 47.2 Å². The average Bonchev–Trinajstić information content (AvgIpc) is 2.46. The second kappa shape index (κ2) is 8.51. The monoisotopic (exact) mass is 429 g/mol. The first kappa shape index (κ1) is 21.9. The highest BCUT2D eigenvalue weighted by Gasteiger charge is 2.35. The van der Waals surface area contributed by atoms with Crippen molar-refractivity contribution >= 4 is 59.1 Å². The van der Waals surface area contributed by atoms with Crippen LogP contribution in [0.15, 0.2) is 22.1 Å². The van der Waals surface area contributed by atoms with Crippen molar-refractivity contribution in [3.8, 4) is 5.75 Å². The molecule has 0 amide bonds. The van der Waals surface area contributed by atoms with Crippen molar-refractivity contribution in [2.75, 3.05) is 0 Å². The Morgan fingerprint density at radius 2 is 1.76 bits per heavy atom. The van der Waals surface area contributed by atoms with Gasteiger partial charge in [-0.1, -0.05) is 41.7 Å². The predicted octanol–water partition coefficient (Wildman–Crippen LogP) is 3.80. The van der Waals surface area contributed by atoms with Gasteiger partial charge in [-0.2, -0.15) is 10.1 Å². The van der Waals surface area contributed by atoms with E-state index < -0.39 is 12.0 Å². The fraction of sp³-hybridized carbons (Fsp3) is 0.429. The Balaban J connectivity index is 0.00000312. The predicted molar refractivity (Wildman–Crippen MR) is 104 cm³/mol. The molecule has 0 saturated heterocycles. The van der Waals surface area contributed by atoms with Gasteiger partial charge in [0.05, 0.1) is 15.1 Å². The first-order valence-electron chi connectivity index (χ1n) is 7.11. The topological polar surface area (TPSA) is 98.5 Å². The minimum absolute atomic E-state index is 0. The van der Waals surface area contributed by atoms with E-state index in [9.17, 15) is 0 Å². The summed E-state index contributed by atoms with van der Waals surface area (Å²) >= 11 is 18.0. The molecule has 4 N–H and O–H groups in total. The summed E-state index contributed by atoms with van der Waals surface area (Å²) in [6.45, 7) is 5.43. The lowest BCUT2D eigenvalue weighted by atomic mass is 10.2. The van der Waals surface area contributed by atoms with E-state index in [2.05, 4.69) is 9.98 Å². The Bertz CT molecular complexity index is 696. The summed E-state index contributed by atoms with van der Waals surface area (Å²) in [6.07, 6.45) is -0.211. The lowest BCUT2D eigenvalue weighted by Gasteiger charge is -2.38. The van der Waals surface area contributed by atoms with E-state index in [0.29, 0.717) is 27.2 Å². The minimum atomic E-state index is -0.839. The number of guanidine groups is 2. The molecule has 1 aliphatic heterocycles. The van der Waals surface area contributed by atoms with Crippen LogP contribution in [-0.2, 0) is 4.84 Å². The lowest BCUT2D eigenvalue weighted by Crippen LogP contribution is -2.55. The molecule has 7 nitrogen and oxygen atoms in total. The van der Waals surface area contributed by atoms with Gasteiger partial charge in [-0.05, 0) is 19.9 Å². The highest BCUT2D eigenvalue weighted by atomic mass is 35.5. The van der Waals surface area contributed by atoms with Gasteiger partial charge in [0.2, 0.25) is 18.2 Å². The average molecular weight is 431 g/mol. The normalized spacial score (nSPS) is 17.3. The molecule has 1 unspecified atom stereocenters. The van der Waals surface area contributed by atoms with Gasteiger partial charge in [0, 0.05) is 12.5 Å². The van der Waals surface area contributed by atoms with E-state index in [4.69, 9.17) is 55.8 Å². The summed E-state index contributed by atoms with van der Waals surface area (Å²) in [7, 11) is 0. The van der Waals surface area contributed by atoms with Crippen LogP contribution in [0, 0.1) is 0 Å². The molecule has 140 valence electrons. The second-order valence-corrected chi connectivity index (χ2v) is 6.71. The first-order valence-corrected chi connectivity index (χ1v) is 8.25. The Kier molecular flexibility index (Phi) is 7.46. The van der Waals surface area contributed by atoms with Gasteiger partial charge in [0.25, 0.3) is 0 Å². The van der Waals surface area contributed by atoms with Crippen molar-refractivity contribution in [2.24, 2.45) is 21.5 Å². The largest absolute Gasteiger partial charge is 0.461 e. The fourth-order valence-corrected chi connectivity index (χ4v) is 2.59. The highest BCUT2D eigenvalue weighted by molar-refractivity contribution is 6.43. The van der Waals surface area contributed by atoms with Gasteiger partial charge in [-0.15, -0.1) is 12.4 Å². The van der Waals surface area contributed by atoms with Gasteiger partial charge in [-0.3, -0.25) is 0 Å². The Labute approximate surface area is 167 Å². The number of hydroxylamine groups is 2. The van der Waals surface area contributed by atoms with Crippen LogP contribution in [0.4, 0.5) is 0 Å². The van der Waals surface area contributed by atoms with E-state index in [1.807, 2.05) is 6.92 Å². The van der Waals surface area contributed by atoms with E-state index >= 15 is 0 Å². The maximum Gasteiger partial charge on any atom is 0.226 e. The summed E-state index contributed by atoms with van der Waals surface area (Å²) in [6, 6.07) is 3.02. The molecule has 25 heavy (non-hydrogen) atoms. The lowest BCUT2D eigenvalue weighted by molar-refractivity contribution is -0.250. The molecular formula is C14H19Cl4N5O2. The van der Waals surface area contributed by atoms with E-state index in [-0.39, 0.29) is 24.3 Å².